The molecule has 1 aromatic heterocycles. The van der Waals surface area contributed by atoms with Crippen LogP contribution in [-0.2, 0) is 0 Å². The van der Waals surface area contributed by atoms with E-state index in [0.29, 0.717) is 56.9 Å². The number of methoxy groups -OCH3 is 1. The average molecular weight is 553 g/mol. The van der Waals surface area contributed by atoms with Gasteiger partial charge in [-0.15, -0.1) is 0 Å². The smallest absolute Gasteiger partial charge is 0.322 e. The van der Waals surface area contributed by atoms with Gasteiger partial charge in [-0.1, -0.05) is 56.1 Å². The Kier molecular flexibility index (Phi) is 8.59. The highest BCUT2D eigenvalue weighted by molar-refractivity contribution is 6.36. The van der Waals surface area contributed by atoms with Crippen molar-refractivity contribution in [1.82, 2.24) is 14.5 Å². The van der Waals surface area contributed by atoms with Crippen LogP contribution in [-0.4, -0.2) is 34.1 Å². The van der Waals surface area contributed by atoms with Crippen LogP contribution in [0.15, 0.2) is 71.5 Å². The molecule has 0 aliphatic heterocycles. The van der Waals surface area contributed by atoms with Gasteiger partial charge in [0.05, 0.1) is 40.5 Å². The zero-order valence-electron chi connectivity index (χ0n) is 21.7. The number of nitrogens with one attached hydrogen (secondary N) is 1. The van der Waals surface area contributed by atoms with Gasteiger partial charge in [-0.2, -0.15) is 0 Å². The number of ether oxygens (including phenoxy) is 1. The average Bonchev–Trinajstić information content (AvgIpc) is 2.90. The molecule has 2 amide bonds. The second-order valence-corrected chi connectivity index (χ2v) is 10.2. The van der Waals surface area contributed by atoms with Crippen LogP contribution in [0.25, 0.3) is 16.6 Å². The Labute approximate surface area is 232 Å². The van der Waals surface area contributed by atoms with Gasteiger partial charge in [-0.05, 0) is 66.9 Å². The number of urea groups is 1. The van der Waals surface area contributed by atoms with Gasteiger partial charge in [-0.3, -0.25) is 9.36 Å². The molecule has 0 saturated carbocycles. The number of benzene rings is 3. The number of hydrogen-bond donors (Lipinski definition) is 1. The predicted octanol–water partition coefficient (Wildman–Crippen LogP) is 7.34. The first-order chi connectivity index (χ1) is 18.2. The van der Waals surface area contributed by atoms with E-state index in [0.717, 1.165) is 0 Å². The summed E-state index contributed by atoms with van der Waals surface area (Å²) in [5.74, 6) is 1.29. The van der Waals surface area contributed by atoms with Crippen LogP contribution in [0.4, 0.5) is 10.5 Å². The molecule has 0 bridgehead atoms. The minimum atomic E-state index is -0.511. The maximum Gasteiger partial charge on any atom is 0.322 e. The van der Waals surface area contributed by atoms with E-state index in [-0.39, 0.29) is 17.5 Å². The number of nitrogens with zero attached hydrogens (tertiary/aromatic N) is 3. The molecule has 0 aliphatic carbocycles. The van der Waals surface area contributed by atoms with Crippen molar-refractivity contribution in [3.63, 3.8) is 0 Å². The van der Waals surface area contributed by atoms with E-state index in [1.54, 1.807) is 53.0 Å². The van der Waals surface area contributed by atoms with Crippen LogP contribution < -0.4 is 15.6 Å². The van der Waals surface area contributed by atoms with Crippen LogP contribution in [0, 0.1) is 5.92 Å². The number of fused-ring (bicyclic) bond motifs is 1. The van der Waals surface area contributed by atoms with Crippen molar-refractivity contribution < 1.29 is 9.53 Å². The van der Waals surface area contributed by atoms with Crippen molar-refractivity contribution in [2.24, 2.45) is 5.92 Å². The summed E-state index contributed by atoms with van der Waals surface area (Å²) in [6.45, 7) is 6.47. The molecule has 1 atom stereocenters. The summed E-state index contributed by atoms with van der Waals surface area (Å²) < 4.78 is 6.90. The molecule has 0 fully saturated rings. The zero-order valence-corrected chi connectivity index (χ0v) is 23.3. The van der Waals surface area contributed by atoms with Crippen molar-refractivity contribution in [2.75, 3.05) is 19.0 Å². The number of carbonyl (C=O) groups excluding carboxylic acids is 1. The Morgan fingerprint density at radius 2 is 1.79 bits per heavy atom. The molecule has 1 heterocycles. The quantitative estimate of drug-likeness (QED) is 0.248. The van der Waals surface area contributed by atoms with Gasteiger partial charge in [0.1, 0.15) is 11.6 Å². The molecule has 0 radical (unpaired) electrons. The molecule has 4 rings (SSSR count). The lowest BCUT2D eigenvalue weighted by Gasteiger charge is -2.33. The molecule has 0 saturated heterocycles. The van der Waals surface area contributed by atoms with Crippen LogP contribution in [0.5, 0.6) is 5.75 Å². The molecule has 0 spiro atoms. The molecule has 0 aliphatic rings. The first-order valence-electron chi connectivity index (χ1n) is 12.4. The Morgan fingerprint density at radius 3 is 2.42 bits per heavy atom. The van der Waals surface area contributed by atoms with Crippen molar-refractivity contribution in [2.45, 2.75) is 33.2 Å². The molecule has 3 aromatic carbocycles. The van der Waals surface area contributed by atoms with Gasteiger partial charge in [0.15, 0.2) is 0 Å². The third-order valence-corrected chi connectivity index (χ3v) is 6.74. The van der Waals surface area contributed by atoms with E-state index < -0.39 is 6.04 Å². The second kappa shape index (κ2) is 11.9. The molecular weight excluding hydrogens is 523 g/mol. The van der Waals surface area contributed by atoms with E-state index in [4.69, 9.17) is 32.9 Å². The molecule has 1 N–H and O–H groups in total. The molecular formula is C29H30Cl2N4O3. The van der Waals surface area contributed by atoms with Crippen molar-refractivity contribution >= 4 is 45.8 Å². The first-order valence-corrected chi connectivity index (χ1v) is 13.2. The summed E-state index contributed by atoms with van der Waals surface area (Å²) in [4.78, 5) is 34.2. The molecule has 4 aromatic rings. The van der Waals surface area contributed by atoms with Crippen molar-refractivity contribution in [3.05, 3.63) is 93.0 Å². The van der Waals surface area contributed by atoms with E-state index in [1.807, 2.05) is 51.1 Å². The lowest BCUT2D eigenvalue weighted by molar-refractivity contribution is 0.171. The second-order valence-electron chi connectivity index (χ2n) is 9.35. The lowest BCUT2D eigenvalue weighted by Crippen LogP contribution is -2.42. The third kappa shape index (κ3) is 5.79. The SMILES string of the molecule is CCC(c1nc2ccccc2c(=O)n1-c1ccc(OC)cc1)N(CC(C)C)C(=O)Nc1ccc(Cl)cc1Cl. The number of aromatic nitrogens is 2. The van der Waals surface area contributed by atoms with E-state index in [2.05, 4.69) is 5.32 Å². The molecule has 9 heteroatoms. The van der Waals surface area contributed by atoms with Crippen LogP contribution in [0.3, 0.4) is 0 Å². The van der Waals surface area contributed by atoms with E-state index >= 15 is 0 Å². The number of para-hydroxylation sites is 1. The molecule has 38 heavy (non-hydrogen) atoms. The predicted molar refractivity (Wildman–Crippen MR) is 154 cm³/mol. The monoisotopic (exact) mass is 552 g/mol. The maximum atomic E-state index is 13.8. The van der Waals surface area contributed by atoms with Gasteiger partial charge < -0.3 is 15.0 Å². The fraction of sp³-hybridized carbons (Fsp3) is 0.276. The number of anilines is 1. The summed E-state index contributed by atoms with van der Waals surface area (Å²) in [5.41, 5.74) is 1.44. The topological polar surface area (TPSA) is 76.5 Å². The summed E-state index contributed by atoms with van der Waals surface area (Å²) in [7, 11) is 1.59. The largest absolute Gasteiger partial charge is 0.497 e. The Bertz CT molecular complexity index is 1500. The van der Waals surface area contributed by atoms with Gasteiger partial charge in [0, 0.05) is 11.6 Å². The maximum absolute atomic E-state index is 13.8. The number of hydrogen-bond acceptors (Lipinski definition) is 4. The van der Waals surface area contributed by atoms with Gasteiger partial charge >= 0.3 is 6.03 Å². The number of halogens is 2. The van der Waals surface area contributed by atoms with Crippen molar-refractivity contribution in [3.8, 4) is 11.4 Å². The van der Waals surface area contributed by atoms with E-state index in [1.165, 1.54) is 0 Å². The lowest BCUT2D eigenvalue weighted by atomic mass is 10.1. The van der Waals surface area contributed by atoms with Crippen LogP contribution >= 0.6 is 23.2 Å². The standard InChI is InChI=1S/C29H30Cl2N4O3/c1-5-26(34(17-18(2)3)29(37)33-25-15-10-19(30)16-23(25)31)27-32-24-9-7-6-8-22(24)28(36)35(27)20-11-13-21(38-4)14-12-20/h6-16,18,26H,5,17H2,1-4H3,(H,33,37). The summed E-state index contributed by atoms with van der Waals surface area (Å²) in [6, 6.07) is 18.5. The number of amides is 2. The Hall–Kier alpha value is -3.55. The van der Waals surface area contributed by atoms with Gasteiger partial charge in [0.25, 0.3) is 5.56 Å². The third-order valence-electron chi connectivity index (χ3n) is 6.19. The summed E-state index contributed by atoms with van der Waals surface area (Å²) in [6.07, 6.45) is 0.523. The highest BCUT2D eigenvalue weighted by atomic mass is 35.5. The normalized spacial score (nSPS) is 12.0. The molecule has 1 unspecified atom stereocenters. The van der Waals surface area contributed by atoms with Crippen molar-refractivity contribution in [1.29, 1.82) is 0 Å². The highest BCUT2D eigenvalue weighted by Crippen LogP contribution is 2.30. The Balaban J connectivity index is 1.87. The minimum absolute atomic E-state index is 0.150. The van der Waals surface area contributed by atoms with Crippen LogP contribution in [0.2, 0.25) is 10.0 Å². The first kappa shape index (κ1) is 27.5. The highest BCUT2D eigenvalue weighted by Gasteiger charge is 2.30. The number of carbonyl (C=O) groups is 1. The van der Waals surface area contributed by atoms with Gasteiger partial charge in [-0.25, -0.2) is 9.78 Å². The fourth-order valence-electron chi connectivity index (χ4n) is 4.42. The summed E-state index contributed by atoms with van der Waals surface area (Å²) >= 11 is 12.4. The van der Waals surface area contributed by atoms with Crippen LogP contribution in [0.1, 0.15) is 39.1 Å². The summed E-state index contributed by atoms with van der Waals surface area (Å²) in [5, 5.41) is 4.22. The number of rotatable bonds is 8. The fourth-order valence-corrected chi connectivity index (χ4v) is 4.88. The minimum Gasteiger partial charge on any atom is -0.497 e. The Morgan fingerprint density at radius 1 is 1.08 bits per heavy atom. The van der Waals surface area contributed by atoms with E-state index in [9.17, 15) is 9.59 Å². The van der Waals surface area contributed by atoms with Gasteiger partial charge in [0.2, 0.25) is 0 Å². The zero-order chi connectivity index (χ0) is 27.4. The molecule has 198 valence electrons. The molecule has 7 nitrogen and oxygen atoms in total.